The fourth-order valence-electron chi connectivity index (χ4n) is 2.21. The number of carbonyl (C=O) groups excluding carboxylic acids is 1. The molecule has 2 rings (SSSR count). The molecular weight excluding hydrogens is 315 g/mol. The number of hydrogen-bond donors (Lipinski definition) is 0. The van der Waals surface area contributed by atoms with Crippen LogP contribution in [0.2, 0.25) is 0 Å². The average molecular weight is 344 g/mol. The Balaban J connectivity index is 0.00000134. The van der Waals surface area contributed by atoms with Crippen LogP contribution in [0.5, 0.6) is 5.75 Å². The highest BCUT2D eigenvalue weighted by atomic mass is 19.1. The van der Waals surface area contributed by atoms with Crippen LogP contribution in [0.15, 0.2) is 24.3 Å². The van der Waals surface area contributed by atoms with Crippen LogP contribution in [0.3, 0.4) is 0 Å². The summed E-state index contributed by atoms with van der Waals surface area (Å²) in [5.74, 6) is 1.96. The van der Waals surface area contributed by atoms with Crippen molar-refractivity contribution >= 4 is 16.7 Å². The second-order valence-corrected chi connectivity index (χ2v) is 5.18. The Morgan fingerprint density at radius 1 is 1.20 bits per heavy atom. The quantitative estimate of drug-likeness (QED) is 0.380. The van der Waals surface area contributed by atoms with Crippen molar-refractivity contribution in [2.75, 3.05) is 0 Å². The molecule has 0 spiro atoms. The molecule has 0 aliphatic heterocycles. The highest BCUT2D eigenvalue weighted by Gasteiger charge is 2.14. The van der Waals surface area contributed by atoms with E-state index in [-0.39, 0.29) is 17.5 Å². The number of esters is 1. The number of carbonyl (C=O) groups is 1. The Labute approximate surface area is 151 Å². The molecular formula is C22H29FO2. The molecule has 2 nitrogen and oxygen atoms in total. The first-order chi connectivity index (χ1) is 12.0. The van der Waals surface area contributed by atoms with Gasteiger partial charge in [0.25, 0.3) is 0 Å². The smallest absolute Gasteiger partial charge is 0.313 e. The van der Waals surface area contributed by atoms with E-state index in [1.165, 1.54) is 6.07 Å². The second-order valence-electron chi connectivity index (χ2n) is 5.18. The van der Waals surface area contributed by atoms with Crippen molar-refractivity contribution in [3.05, 3.63) is 41.2 Å². The maximum atomic E-state index is 13.8. The maximum absolute atomic E-state index is 13.8. The van der Waals surface area contributed by atoms with Crippen LogP contribution in [0.25, 0.3) is 10.8 Å². The first-order valence-electron chi connectivity index (χ1n) is 8.91. The summed E-state index contributed by atoms with van der Waals surface area (Å²) in [6.45, 7) is 13.5. The number of rotatable bonds is 3. The SMILES string of the molecule is C#Cc1c(F)ccc2cc(OC(=O)C(C)C)cc(CC)c12.CC.CC. The summed E-state index contributed by atoms with van der Waals surface area (Å²) >= 11 is 0. The van der Waals surface area contributed by atoms with Gasteiger partial charge in [-0.25, -0.2) is 4.39 Å². The molecule has 0 aromatic heterocycles. The molecule has 0 aliphatic carbocycles. The summed E-state index contributed by atoms with van der Waals surface area (Å²) in [5.41, 5.74) is 1.12. The molecule has 0 fully saturated rings. The Hall–Kier alpha value is -2.34. The molecule has 0 aliphatic rings. The van der Waals surface area contributed by atoms with E-state index in [2.05, 4.69) is 5.92 Å². The zero-order valence-corrected chi connectivity index (χ0v) is 16.4. The van der Waals surface area contributed by atoms with Crippen LogP contribution < -0.4 is 4.74 Å². The lowest BCUT2D eigenvalue weighted by molar-refractivity contribution is -0.137. The van der Waals surface area contributed by atoms with E-state index in [0.717, 1.165) is 10.9 Å². The second kappa shape index (κ2) is 11.3. The Kier molecular flexibility index (Phi) is 10.2. The zero-order chi connectivity index (χ0) is 19.6. The van der Waals surface area contributed by atoms with Crippen molar-refractivity contribution in [2.24, 2.45) is 5.92 Å². The topological polar surface area (TPSA) is 26.3 Å². The number of ether oxygens (including phenoxy) is 1. The van der Waals surface area contributed by atoms with Gasteiger partial charge in [0.05, 0.1) is 11.5 Å². The fourth-order valence-corrected chi connectivity index (χ4v) is 2.21. The predicted molar refractivity (Wildman–Crippen MR) is 104 cm³/mol. The monoisotopic (exact) mass is 344 g/mol. The van der Waals surface area contributed by atoms with Gasteiger partial charge in [-0.2, -0.15) is 0 Å². The van der Waals surface area contributed by atoms with Gasteiger partial charge in [0.2, 0.25) is 0 Å². The lowest BCUT2D eigenvalue weighted by Gasteiger charge is -2.12. The number of aryl methyl sites for hydroxylation is 1. The third-order valence-electron chi connectivity index (χ3n) is 3.34. The predicted octanol–water partition coefficient (Wildman–Crippen LogP) is 6.14. The molecule has 0 N–H and O–H groups in total. The van der Waals surface area contributed by atoms with Crippen molar-refractivity contribution in [3.63, 3.8) is 0 Å². The summed E-state index contributed by atoms with van der Waals surface area (Å²) in [5, 5.41) is 1.49. The van der Waals surface area contributed by atoms with Crippen molar-refractivity contribution in [1.29, 1.82) is 0 Å². The fraction of sp³-hybridized carbons (Fsp3) is 0.409. The zero-order valence-electron chi connectivity index (χ0n) is 16.4. The van der Waals surface area contributed by atoms with Crippen LogP contribution in [-0.4, -0.2) is 5.97 Å². The highest BCUT2D eigenvalue weighted by molar-refractivity contribution is 5.93. The van der Waals surface area contributed by atoms with Crippen LogP contribution >= 0.6 is 0 Å². The van der Waals surface area contributed by atoms with Gasteiger partial charge in [0.1, 0.15) is 11.6 Å². The minimum Gasteiger partial charge on any atom is -0.426 e. The summed E-state index contributed by atoms with van der Waals surface area (Å²) in [6.07, 6.45) is 6.09. The molecule has 0 saturated heterocycles. The number of terminal acetylenes is 1. The van der Waals surface area contributed by atoms with Crippen LogP contribution in [0, 0.1) is 24.1 Å². The van der Waals surface area contributed by atoms with Crippen LogP contribution in [0.1, 0.15) is 59.6 Å². The van der Waals surface area contributed by atoms with Crippen molar-refractivity contribution < 1.29 is 13.9 Å². The largest absolute Gasteiger partial charge is 0.426 e. The minimum absolute atomic E-state index is 0.208. The van der Waals surface area contributed by atoms with Gasteiger partial charge in [-0.15, -0.1) is 6.42 Å². The van der Waals surface area contributed by atoms with Crippen LogP contribution in [0.4, 0.5) is 4.39 Å². The highest BCUT2D eigenvalue weighted by Crippen LogP contribution is 2.30. The van der Waals surface area contributed by atoms with Gasteiger partial charge in [0.15, 0.2) is 0 Å². The number of halogens is 1. The van der Waals surface area contributed by atoms with E-state index in [9.17, 15) is 9.18 Å². The van der Waals surface area contributed by atoms with Gasteiger partial charge in [-0.1, -0.05) is 60.5 Å². The van der Waals surface area contributed by atoms with E-state index in [0.29, 0.717) is 17.6 Å². The summed E-state index contributed by atoms with van der Waals surface area (Å²) in [6, 6.07) is 6.46. The van der Waals surface area contributed by atoms with E-state index < -0.39 is 5.82 Å². The van der Waals surface area contributed by atoms with Gasteiger partial charge in [-0.3, -0.25) is 4.79 Å². The summed E-state index contributed by atoms with van der Waals surface area (Å²) < 4.78 is 19.2. The molecule has 0 heterocycles. The molecule has 136 valence electrons. The summed E-state index contributed by atoms with van der Waals surface area (Å²) in [7, 11) is 0. The normalized spacial score (nSPS) is 9.44. The lowest BCUT2D eigenvalue weighted by atomic mass is 9.97. The molecule has 0 atom stereocenters. The van der Waals surface area contributed by atoms with Crippen molar-refractivity contribution in [3.8, 4) is 18.1 Å². The molecule has 25 heavy (non-hydrogen) atoms. The third kappa shape index (κ3) is 5.60. The molecule has 0 unspecified atom stereocenters. The minimum atomic E-state index is -0.411. The molecule has 0 amide bonds. The van der Waals surface area contributed by atoms with Crippen molar-refractivity contribution in [1.82, 2.24) is 0 Å². The first kappa shape index (κ1) is 22.7. The standard InChI is InChI=1S/C18H17FO2.2C2H6/c1-5-12-9-14(21-18(20)11(3)4)10-13-7-8-16(19)15(6-2)17(12)13;2*1-2/h2,7-11H,5H2,1,3-4H3;2*1-2H3. The molecule has 2 aromatic rings. The first-order valence-corrected chi connectivity index (χ1v) is 8.91. The van der Waals surface area contributed by atoms with Crippen molar-refractivity contribution in [2.45, 2.75) is 54.9 Å². The van der Waals surface area contributed by atoms with Gasteiger partial charge >= 0.3 is 5.97 Å². The van der Waals surface area contributed by atoms with E-state index >= 15 is 0 Å². The maximum Gasteiger partial charge on any atom is 0.313 e. The molecule has 0 saturated carbocycles. The third-order valence-corrected chi connectivity index (χ3v) is 3.34. The number of fused-ring (bicyclic) bond motifs is 1. The van der Waals surface area contributed by atoms with Crippen LogP contribution in [-0.2, 0) is 11.2 Å². The molecule has 2 aromatic carbocycles. The Bertz CT molecular complexity index is 740. The van der Waals surface area contributed by atoms with Gasteiger partial charge in [0, 0.05) is 5.39 Å². The van der Waals surface area contributed by atoms with E-state index in [4.69, 9.17) is 11.2 Å². The lowest BCUT2D eigenvalue weighted by Crippen LogP contribution is -2.14. The number of benzene rings is 2. The number of hydrogen-bond acceptors (Lipinski definition) is 2. The average Bonchev–Trinajstić information content (AvgIpc) is 2.64. The van der Waals surface area contributed by atoms with E-state index in [1.54, 1.807) is 32.0 Å². The van der Waals surface area contributed by atoms with E-state index in [1.807, 2.05) is 34.6 Å². The Morgan fingerprint density at radius 3 is 2.28 bits per heavy atom. The van der Waals surface area contributed by atoms with Gasteiger partial charge < -0.3 is 4.74 Å². The Morgan fingerprint density at radius 2 is 1.80 bits per heavy atom. The molecule has 0 radical (unpaired) electrons. The summed E-state index contributed by atoms with van der Waals surface area (Å²) in [4.78, 5) is 11.7. The molecule has 3 heteroatoms. The molecule has 0 bridgehead atoms. The van der Waals surface area contributed by atoms with Gasteiger partial charge in [-0.05, 0) is 35.6 Å².